The number of fused-ring (bicyclic) bond motifs is 1. The van der Waals surface area contributed by atoms with Crippen LogP contribution in [0.3, 0.4) is 0 Å². The molecular weight excluding hydrogens is 329 g/mol. The monoisotopic (exact) mass is 347 g/mol. The van der Waals surface area contributed by atoms with Crippen molar-refractivity contribution in [1.82, 2.24) is 0 Å². The number of nitrogens with zero attached hydrogens (tertiary/aromatic N) is 1. The van der Waals surface area contributed by atoms with E-state index < -0.39 is 7.05 Å². The van der Waals surface area contributed by atoms with E-state index in [4.69, 9.17) is 4.74 Å². The van der Waals surface area contributed by atoms with Gasteiger partial charge in [0.1, 0.15) is 0 Å². The van der Waals surface area contributed by atoms with E-state index in [1.165, 1.54) is 20.7 Å². The molecule has 0 unspecified atom stereocenters. The Labute approximate surface area is 146 Å². The van der Waals surface area contributed by atoms with Gasteiger partial charge in [-0.15, -0.1) is 11.3 Å². The Kier molecular flexibility index (Phi) is 4.10. The van der Waals surface area contributed by atoms with Gasteiger partial charge in [-0.2, -0.15) is 0 Å². The average molecular weight is 347 g/mol. The molecule has 3 heteroatoms. The Morgan fingerprint density at radius 1 is 0.708 bits per heavy atom. The molecule has 4 rings (SSSR count). The zero-order valence-electron chi connectivity index (χ0n) is 13.5. The van der Waals surface area contributed by atoms with E-state index in [1.807, 2.05) is 0 Å². The van der Waals surface area contributed by atoms with Crippen LogP contribution in [0.25, 0.3) is 10.1 Å². The van der Waals surface area contributed by atoms with Crippen LogP contribution in [-0.4, -0.2) is 6.66 Å². The van der Waals surface area contributed by atoms with E-state index in [0.717, 1.165) is 5.69 Å². The Morgan fingerprint density at radius 2 is 1.25 bits per heavy atom. The van der Waals surface area contributed by atoms with Gasteiger partial charge >= 0.3 is 0 Å². The second-order valence-electron chi connectivity index (χ2n) is 5.85. The van der Waals surface area contributed by atoms with Crippen LogP contribution >= 0.6 is 18.4 Å². The normalized spacial score (nSPS) is 11.5. The van der Waals surface area contributed by atoms with E-state index in [-0.39, 0.29) is 0 Å². The molecule has 0 fully saturated rings. The fourth-order valence-corrected chi connectivity index (χ4v) is 6.54. The zero-order chi connectivity index (χ0) is 16.4. The molecule has 0 bridgehead atoms. The molecule has 4 aromatic rings. The van der Waals surface area contributed by atoms with Gasteiger partial charge in [-0.05, 0) is 23.3 Å². The molecule has 118 valence electrons. The number of hydrogen-bond acceptors (Lipinski definition) is 2. The van der Waals surface area contributed by atoms with Gasteiger partial charge in [0.15, 0.2) is 0 Å². The molecule has 0 radical (unpaired) electrons. The van der Waals surface area contributed by atoms with E-state index in [9.17, 15) is 0 Å². The first-order valence-electron chi connectivity index (χ1n) is 7.95. The van der Waals surface area contributed by atoms with E-state index in [0.29, 0.717) is 0 Å². The lowest BCUT2D eigenvalue weighted by molar-refractivity contribution is 1.63. The Morgan fingerprint density at radius 3 is 1.88 bits per heavy atom. The fraction of sp³-hybridized carbons (Fsp3) is 0.0476. The van der Waals surface area contributed by atoms with Crippen LogP contribution in [-0.2, 0) is 0 Å². The Hall–Kier alpha value is -2.15. The molecule has 1 heterocycles. The molecule has 0 amide bonds. The first-order chi connectivity index (χ1) is 11.8. The summed E-state index contributed by atoms with van der Waals surface area (Å²) < 4.78 is 6.64. The SMILES string of the molecule is CP(=Nc1csc2ccccc12)(c1ccccc1)c1ccccc1. The Bertz CT molecular complexity index is 976. The molecule has 0 aliphatic carbocycles. The third-order valence-electron chi connectivity index (χ3n) is 4.29. The molecule has 0 aliphatic heterocycles. The van der Waals surface area contributed by atoms with Gasteiger partial charge in [0.2, 0.25) is 0 Å². The van der Waals surface area contributed by atoms with Gasteiger partial charge in [-0.3, -0.25) is 4.74 Å². The molecule has 0 aliphatic rings. The maximum Gasteiger partial charge on any atom is 0.0806 e. The van der Waals surface area contributed by atoms with Crippen molar-refractivity contribution in [2.24, 2.45) is 4.74 Å². The standard InChI is InChI=1S/C21H18NPS/c1-23(17-10-4-2-5-11-17,18-12-6-3-7-13-18)22-20-16-24-21-15-9-8-14-19(20)21/h2-16H,1H3. The van der Waals surface area contributed by atoms with Crippen LogP contribution in [0, 0.1) is 0 Å². The van der Waals surface area contributed by atoms with Gasteiger partial charge in [0, 0.05) is 22.5 Å². The largest absolute Gasteiger partial charge is 0.257 e. The topological polar surface area (TPSA) is 12.4 Å². The van der Waals surface area contributed by atoms with Crippen LogP contribution in [0.15, 0.2) is 95.1 Å². The number of benzene rings is 3. The van der Waals surface area contributed by atoms with Gasteiger partial charge in [-0.25, -0.2) is 0 Å². The summed E-state index contributed by atoms with van der Waals surface area (Å²) >= 11 is 1.77. The quantitative estimate of drug-likeness (QED) is 0.402. The molecule has 24 heavy (non-hydrogen) atoms. The van der Waals surface area contributed by atoms with Crippen LogP contribution in [0.4, 0.5) is 5.69 Å². The molecule has 0 spiro atoms. The van der Waals surface area contributed by atoms with Gasteiger partial charge < -0.3 is 0 Å². The van der Waals surface area contributed by atoms with Crippen molar-refractivity contribution in [2.45, 2.75) is 0 Å². The number of hydrogen-bond donors (Lipinski definition) is 0. The molecular formula is C21H18NPS. The minimum absolute atomic E-state index is 1.11. The first kappa shape index (κ1) is 15.4. The Balaban J connectivity index is 2.00. The summed E-state index contributed by atoms with van der Waals surface area (Å²) in [5.41, 5.74) is 1.11. The van der Waals surface area contributed by atoms with E-state index in [1.54, 1.807) is 11.3 Å². The van der Waals surface area contributed by atoms with Crippen molar-refractivity contribution in [2.75, 3.05) is 6.66 Å². The maximum atomic E-state index is 5.34. The van der Waals surface area contributed by atoms with Crippen LogP contribution in [0.1, 0.15) is 0 Å². The highest BCUT2D eigenvalue weighted by Gasteiger charge is 2.19. The lowest BCUT2D eigenvalue weighted by Crippen LogP contribution is -2.14. The van der Waals surface area contributed by atoms with Crippen molar-refractivity contribution in [1.29, 1.82) is 0 Å². The summed E-state index contributed by atoms with van der Waals surface area (Å²) in [6.07, 6.45) is 0. The second-order valence-corrected chi connectivity index (χ2v) is 9.91. The predicted molar refractivity (Wildman–Crippen MR) is 109 cm³/mol. The molecule has 0 saturated carbocycles. The fourth-order valence-electron chi connectivity index (χ4n) is 2.96. The van der Waals surface area contributed by atoms with Crippen molar-refractivity contribution in [3.8, 4) is 0 Å². The summed E-state index contributed by atoms with van der Waals surface area (Å²) in [5.74, 6) is 0. The van der Waals surface area contributed by atoms with Crippen molar-refractivity contribution in [3.05, 3.63) is 90.3 Å². The minimum Gasteiger partial charge on any atom is -0.257 e. The molecule has 1 aromatic heterocycles. The molecule has 0 saturated heterocycles. The van der Waals surface area contributed by atoms with Crippen molar-refractivity contribution < 1.29 is 0 Å². The molecule has 0 atom stereocenters. The summed E-state index contributed by atoms with van der Waals surface area (Å²) in [4.78, 5) is 0. The zero-order valence-corrected chi connectivity index (χ0v) is 15.2. The highest BCUT2D eigenvalue weighted by atomic mass is 32.1. The van der Waals surface area contributed by atoms with E-state index in [2.05, 4.69) is 97.0 Å². The summed E-state index contributed by atoms with van der Waals surface area (Å²) in [6, 6.07) is 29.9. The van der Waals surface area contributed by atoms with Gasteiger partial charge in [-0.1, -0.05) is 78.9 Å². The lowest BCUT2D eigenvalue weighted by atomic mass is 10.2. The van der Waals surface area contributed by atoms with Crippen LogP contribution < -0.4 is 10.6 Å². The van der Waals surface area contributed by atoms with Crippen molar-refractivity contribution in [3.63, 3.8) is 0 Å². The average Bonchev–Trinajstić information content (AvgIpc) is 3.06. The second kappa shape index (κ2) is 6.39. The predicted octanol–water partition coefficient (Wildman–Crippen LogP) is 6.01. The first-order valence-corrected chi connectivity index (χ1v) is 11.0. The third kappa shape index (κ3) is 2.73. The highest BCUT2D eigenvalue weighted by molar-refractivity contribution is 7.80. The van der Waals surface area contributed by atoms with Gasteiger partial charge in [0.25, 0.3) is 0 Å². The minimum atomic E-state index is -1.84. The molecule has 1 nitrogen and oxygen atoms in total. The number of thiophene rings is 1. The molecule has 0 N–H and O–H groups in total. The third-order valence-corrected chi connectivity index (χ3v) is 8.46. The van der Waals surface area contributed by atoms with Crippen LogP contribution in [0.5, 0.6) is 0 Å². The number of rotatable bonds is 3. The summed E-state index contributed by atoms with van der Waals surface area (Å²) in [6.45, 7) is 2.31. The highest BCUT2D eigenvalue weighted by Crippen LogP contribution is 2.48. The van der Waals surface area contributed by atoms with E-state index >= 15 is 0 Å². The smallest absolute Gasteiger partial charge is 0.0806 e. The maximum absolute atomic E-state index is 5.34. The lowest BCUT2D eigenvalue weighted by Gasteiger charge is -2.21. The van der Waals surface area contributed by atoms with Crippen LogP contribution in [0.2, 0.25) is 0 Å². The summed E-state index contributed by atoms with van der Waals surface area (Å²) in [5, 5.41) is 6.06. The summed E-state index contributed by atoms with van der Waals surface area (Å²) in [7, 11) is -1.84. The molecule has 3 aromatic carbocycles. The van der Waals surface area contributed by atoms with Crippen molar-refractivity contribution >= 4 is 44.8 Å². The van der Waals surface area contributed by atoms with Gasteiger partial charge in [0.05, 0.1) is 5.69 Å².